The maximum Gasteiger partial charge on any atom is 0.147 e. The molecule has 0 bridgehead atoms. The number of aryl methyl sites for hydroxylation is 2. The van der Waals surface area contributed by atoms with Gasteiger partial charge in [-0.1, -0.05) is 50.6 Å². The highest BCUT2D eigenvalue weighted by Crippen LogP contribution is 2.21. The summed E-state index contributed by atoms with van der Waals surface area (Å²) in [6.45, 7) is 8.15. The molecular weight excluding hydrogens is 300 g/mol. The summed E-state index contributed by atoms with van der Waals surface area (Å²) in [5.74, 6) is 5.87. The van der Waals surface area contributed by atoms with Crippen LogP contribution in [0, 0.1) is 13.8 Å². The molecule has 1 aromatic heterocycles. The number of hydrogen-bond donors (Lipinski definition) is 2. The molecule has 3 N–H and O–H groups in total. The fourth-order valence-electron chi connectivity index (χ4n) is 1.92. The largest absolute Gasteiger partial charge is 0.506 e. The number of nitrogens with two attached hydrogens (primary N) is 1. The monoisotopic (exact) mass is 326 g/mol. The number of nitrogens with zero attached hydrogens (tertiary/aromatic N) is 1. The van der Waals surface area contributed by atoms with Crippen molar-refractivity contribution >= 4 is 10.9 Å². The van der Waals surface area contributed by atoms with E-state index in [2.05, 4.69) is 23.7 Å². The minimum absolute atomic E-state index is 0.246. The highest BCUT2D eigenvalue weighted by atomic mass is 16.6. The van der Waals surface area contributed by atoms with Crippen molar-refractivity contribution in [3.05, 3.63) is 65.9 Å². The number of rotatable bonds is 1. The van der Waals surface area contributed by atoms with E-state index in [1.165, 1.54) is 6.42 Å². The first-order chi connectivity index (χ1) is 11.5. The lowest BCUT2D eigenvalue weighted by molar-refractivity contribution is 0.334. The number of pyridine rings is 1. The molecule has 3 rings (SSSR count). The van der Waals surface area contributed by atoms with Crippen molar-refractivity contribution in [1.29, 1.82) is 0 Å². The van der Waals surface area contributed by atoms with Crippen LogP contribution >= 0.6 is 0 Å². The zero-order chi connectivity index (χ0) is 17.9. The molecule has 0 aliphatic heterocycles. The van der Waals surface area contributed by atoms with Crippen molar-refractivity contribution < 1.29 is 9.94 Å². The van der Waals surface area contributed by atoms with Crippen LogP contribution in [0.15, 0.2) is 54.6 Å². The van der Waals surface area contributed by atoms with Crippen molar-refractivity contribution in [2.45, 2.75) is 34.1 Å². The zero-order valence-corrected chi connectivity index (χ0v) is 14.8. The van der Waals surface area contributed by atoms with Crippen LogP contribution in [0.3, 0.4) is 0 Å². The standard InChI is InChI=1S/C10H9NO.C7H9NO.C3H8/c1-7-5-6-8-3-2-4-9(12)10(8)11-7;1-6-3-2-4-7(5-6)9-8;1-3-2/h2-6,12H,1H3;2-5H,8H2,1H3;3H2,1-2H3. The fourth-order valence-corrected chi connectivity index (χ4v) is 1.92. The molecule has 0 spiro atoms. The van der Waals surface area contributed by atoms with E-state index < -0.39 is 0 Å². The average molecular weight is 326 g/mol. The molecule has 1 heterocycles. The molecule has 4 heteroatoms. The molecule has 0 saturated carbocycles. The van der Waals surface area contributed by atoms with Crippen molar-refractivity contribution in [2.75, 3.05) is 0 Å². The van der Waals surface area contributed by atoms with E-state index in [1.54, 1.807) is 6.07 Å². The van der Waals surface area contributed by atoms with Crippen LogP contribution < -0.4 is 10.7 Å². The van der Waals surface area contributed by atoms with E-state index in [-0.39, 0.29) is 5.75 Å². The molecule has 0 aliphatic rings. The van der Waals surface area contributed by atoms with Gasteiger partial charge < -0.3 is 9.94 Å². The summed E-state index contributed by atoms with van der Waals surface area (Å²) in [5, 5.41) is 10.4. The van der Waals surface area contributed by atoms with Gasteiger partial charge in [-0.3, -0.25) is 0 Å². The van der Waals surface area contributed by atoms with Gasteiger partial charge in [0.2, 0.25) is 0 Å². The fraction of sp³-hybridized carbons (Fsp3) is 0.250. The van der Waals surface area contributed by atoms with Gasteiger partial charge in [0, 0.05) is 11.1 Å². The van der Waals surface area contributed by atoms with Crippen LogP contribution in [0.1, 0.15) is 31.5 Å². The Morgan fingerprint density at radius 2 is 1.67 bits per heavy atom. The lowest BCUT2D eigenvalue weighted by Gasteiger charge is -1.99. The summed E-state index contributed by atoms with van der Waals surface area (Å²) in [5.41, 5.74) is 2.75. The summed E-state index contributed by atoms with van der Waals surface area (Å²) < 4.78 is 0. The van der Waals surface area contributed by atoms with Gasteiger partial charge in [-0.15, -0.1) is 0 Å². The quantitative estimate of drug-likeness (QED) is 0.623. The smallest absolute Gasteiger partial charge is 0.147 e. The summed E-state index contributed by atoms with van der Waals surface area (Å²) >= 11 is 0. The van der Waals surface area contributed by atoms with Gasteiger partial charge in [-0.25, -0.2) is 4.98 Å². The van der Waals surface area contributed by atoms with E-state index in [9.17, 15) is 5.11 Å². The second-order valence-corrected chi connectivity index (χ2v) is 5.44. The molecule has 0 amide bonds. The van der Waals surface area contributed by atoms with Gasteiger partial charge in [0.1, 0.15) is 17.0 Å². The second-order valence-electron chi connectivity index (χ2n) is 5.44. The normalized spacial score (nSPS) is 9.38. The van der Waals surface area contributed by atoms with E-state index >= 15 is 0 Å². The first-order valence-electron chi connectivity index (χ1n) is 8.00. The van der Waals surface area contributed by atoms with Gasteiger partial charge >= 0.3 is 0 Å². The summed E-state index contributed by atoms with van der Waals surface area (Å²) in [4.78, 5) is 8.72. The average Bonchev–Trinajstić information content (AvgIpc) is 2.57. The van der Waals surface area contributed by atoms with Gasteiger partial charge in [-0.05, 0) is 43.7 Å². The number of phenolic OH excluding ortho intramolecular Hbond substituents is 1. The molecule has 0 atom stereocenters. The Labute approximate surface area is 143 Å². The number of hydrogen-bond acceptors (Lipinski definition) is 4. The van der Waals surface area contributed by atoms with Crippen LogP contribution in [-0.4, -0.2) is 10.1 Å². The molecular formula is C20H26N2O2. The predicted molar refractivity (Wildman–Crippen MR) is 100 cm³/mol. The van der Waals surface area contributed by atoms with E-state index in [0.717, 1.165) is 16.6 Å². The molecule has 0 fully saturated rings. The highest BCUT2D eigenvalue weighted by Gasteiger charge is 1.98. The van der Waals surface area contributed by atoms with Crippen LogP contribution in [0.5, 0.6) is 11.5 Å². The zero-order valence-electron chi connectivity index (χ0n) is 14.8. The minimum atomic E-state index is 0.246. The van der Waals surface area contributed by atoms with Crippen molar-refractivity contribution in [2.24, 2.45) is 5.90 Å². The number of aromatic nitrogens is 1. The second kappa shape index (κ2) is 10.2. The number of aromatic hydroxyl groups is 1. The summed E-state index contributed by atoms with van der Waals surface area (Å²) in [7, 11) is 0. The molecule has 128 valence electrons. The molecule has 0 aliphatic carbocycles. The van der Waals surface area contributed by atoms with Gasteiger partial charge in [-0.2, -0.15) is 5.90 Å². The van der Waals surface area contributed by atoms with Gasteiger partial charge in [0.15, 0.2) is 0 Å². The van der Waals surface area contributed by atoms with E-state index in [0.29, 0.717) is 11.3 Å². The van der Waals surface area contributed by atoms with Crippen molar-refractivity contribution in [3.63, 3.8) is 0 Å². The summed E-state index contributed by atoms with van der Waals surface area (Å²) in [6, 6.07) is 16.9. The molecule has 24 heavy (non-hydrogen) atoms. The van der Waals surface area contributed by atoms with Crippen molar-refractivity contribution in [3.8, 4) is 11.5 Å². The van der Waals surface area contributed by atoms with Crippen LogP contribution in [0.2, 0.25) is 0 Å². The Kier molecular flexibility index (Phi) is 8.30. The third kappa shape index (κ3) is 6.26. The Balaban J connectivity index is 0.000000213. The van der Waals surface area contributed by atoms with Crippen molar-refractivity contribution in [1.82, 2.24) is 4.98 Å². The SMILES string of the molecule is CCC.Cc1ccc2cccc(O)c2n1.Cc1cccc(ON)c1. The van der Waals surface area contributed by atoms with Gasteiger partial charge in [0.05, 0.1) is 0 Å². The highest BCUT2D eigenvalue weighted by molar-refractivity contribution is 5.84. The Morgan fingerprint density at radius 3 is 2.25 bits per heavy atom. The molecule has 0 radical (unpaired) electrons. The van der Waals surface area contributed by atoms with Crippen LogP contribution in [-0.2, 0) is 0 Å². The maximum absolute atomic E-state index is 9.43. The molecule has 4 nitrogen and oxygen atoms in total. The number of benzene rings is 2. The number of fused-ring (bicyclic) bond motifs is 1. The first kappa shape index (κ1) is 19.5. The number of phenols is 1. The topological polar surface area (TPSA) is 68.4 Å². The minimum Gasteiger partial charge on any atom is -0.506 e. The lowest BCUT2D eigenvalue weighted by atomic mass is 10.2. The van der Waals surface area contributed by atoms with Gasteiger partial charge in [0.25, 0.3) is 0 Å². The lowest BCUT2D eigenvalue weighted by Crippen LogP contribution is -2.01. The summed E-state index contributed by atoms with van der Waals surface area (Å²) in [6.07, 6.45) is 1.25. The van der Waals surface area contributed by atoms with Crippen LogP contribution in [0.25, 0.3) is 10.9 Å². The third-order valence-electron chi connectivity index (χ3n) is 2.96. The molecule has 0 unspecified atom stereocenters. The third-order valence-corrected chi connectivity index (χ3v) is 2.96. The number of para-hydroxylation sites is 1. The first-order valence-corrected chi connectivity index (χ1v) is 8.00. The Bertz CT molecular complexity index is 757. The molecule has 3 aromatic rings. The Hall–Kier alpha value is -2.59. The Morgan fingerprint density at radius 1 is 1.00 bits per heavy atom. The predicted octanol–water partition coefficient (Wildman–Crippen LogP) is 4.91. The van der Waals surface area contributed by atoms with E-state index in [4.69, 9.17) is 5.90 Å². The molecule has 2 aromatic carbocycles. The van der Waals surface area contributed by atoms with E-state index in [1.807, 2.05) is 62.4 Å². The molecule has 0 saturated heterocycles. The maximum atomic E-state index is 9.43. The van der Waals surface area contributed by atoms with Crippen LogP contribution in [0.4, 0.5) is 0 Å².